The van der Waals surface area contributed by atoms with Gasteiger partial charge in [0.25, 0.3) is 5.78 Å². The molecule has 0 saturated carbocycles. The average Bonchev–Trinajstić information content (AvgIpc) is 2.51. The Labute approximate surface area is 73.0 Å². The lowest BCUT2D eigenvalue weighted by atomic mass is 10.3. The maximum atomic E-state index is 10.6. The predicted molar refractivity (Wildman–Crippen MR) is 46.0 cm³/mol. The zero-order chi connectivity index (χ0) is 8.97. The zero-order valence-corrected chi connectivity index (χ0v) is 6.88. The molecule has 0 saturated heterocycles. The maximum absolute atomic E-state index is 10.6. The first-order chi connectivity index (χ1) is 5.70. The highest BCUT2D eigenvalue weighted by atomic mass is 32.1. The van der Waals surface area contributed by atoms with Gasteiger partial charge in [0.15, 0.2) is 0 Å². The van der Waals surface area contributed by atoms with Gasteiger partial charge in [-0.15, -0.1) is 11.3 Å². The van der Waals surface area contributed by atoms with Gasteiger partial charge in [0.1, 0.15) is 0 Å². The SMILES string of the molecule is O=C(O)C(=O)/C=C/c1cccs1. The van der Waals surface area contributed by atoms with Crippen LogP contribution >= 0.6 is 11.3 Å². The summed E-state index contributed by atoms with van der Waals surface area (Å²) in [5.41, 5.74) is 0. The largest absolute Gasteiger partial charge is 0.475 e. The van der Waals surface area contributed by atoms with E-state index >= 15 is 0 Å². The van der Waals surface area contributed by atoms with Gasteiger partial charge in [-0.25, -0.2) is 4.79 Å². The van der Waals surface area contributed by atoms with Gasteiger partial charge in [0.05, 0.1) is 0 Å². The van der Waals surface area contributed by atoms with Crippen LogP contribution in [0.25, 0.3) is 6.08 Å². The van der Waals surface area contributed by atoms with Gasteiger partial charge in [-0.3, -0.25) is 4.79 Å². The molecule has 0 aromatic carbocycles. The summed E-state index contributed by atoms with van der Waals surface area (Å²) >= 11 is 1.44. The molecule has 62 valence electrons. The Bertz CT molecular complexity index is 311. The van der Waals surface area contributed by atoms with E-state index in [0.29, 0.717) is 0 Å². The van der Waals surface area contributed by atoms with Gasteiger partial charge in [0.2, 0.25) is 0 Å². The Balaban J connectivity index is 2.63. The first kappa shape index (κ1) is 8.67. The number of aliphatic carboxylic acids is 1. The van der Waals surface area contributed by atoms with E-state index in [2.05, 4.69) is 0 Å². The molecule has 0 bridgehead atoms. The van der Waals surface area contributed by atoms with Crippen LogP contribution in [-0.2, 0) is 9.59 Å². The van der Waals surface area contributed by atoms with Gasteiger partial charge in [0, 0.05) is 4.88 Å². The summed E-state index contributed by atoms with van der Waals surface area (Å²) in [7, 11) is 0. The van der Waals surface area contributed by atoms with Crippen LogP contribution in [0.15, 0.2) is 23.6 Å². The molecule has 1 aromatic heterocycles. The van der Waals surface area contributed by atoms with Crippen molar-refractivity contribution in [2.24, 2.45) is 0 Å². The molecule has 0 unspecified atom stereocenters. The monoisotopic (exact) mass is 182 g/mol. The summed E-state index contributed by atoms with van der Waals surface area (Å²) in [4.78, 5) is 21.5. The van der Waals surface area contributed by atoms with Gasteiger partial charge in [-0.2, -0.15) is 0 Å². The van der Waals surface area contributed by atoms with Gasteiger partial charge in [-0.1, -0.05) is 6.07 Å². The summed E-state index contributed by atoms with van der Waals surface area (Å²) in [6.45, 7) is 0. The number of hydrogen-bond acceptors (Lipinski definition) is 3. The third-order valence-electron chi connectivity index (χ3n) is 1.15. The number of thiophene rings is 1. The molecule has 0 amide bonds. The number of carbonyl (C=O) groups excluding carboxylic acids is 1. The van der Waals surface area contributed by atoms with Crippen molar-refractivity contribution in [3.05, 3.63) is 28.5 Å². The topological polar surface area (TPSA) is 54.4 Å². The Morgan fingerprint density at radius 2 is 2.25 bits per heavy atom. The minimum absolute atomic E-state index is 0.865. The standard InChI is InChI=1S/C8H6O3S/c9-7(8(10)11)4-3-6-2-1-5-12-6/h1-5H,(H,10,11)/b4-3+. The van der Waals surface area contributed by atoms with Gasteiger partial charge in [-0.05, 0) is 23.6 Å². The fourth-order valence-electron chi connectivity index (χ4n) is 0.615. The van der Waals surface area contributed by atoms with Crippen LogP contribution in [-0.4, -0.2) is 16.9 Å². The zero-order valence-electron chi connectivity index (χ0n) is 6.06. The van der Waals surface area contributed by atoms with Crippen LogP contribution in [0, 0.1) is 0 Å². The van der Waals surface area contributed by atoms with Crippen molar-refractivity contribution in [2.75, 3.05) is 0 Å². The minimum atomic E-state index is -1.43. The molecule has 1 aromatic rings. The van der Waals surface area contributed by atoms with Crippen molar-refractivity contribution in [2.45, 2.75) is 0 Å². The van der Waals surface area contributed by atoms with E-state index in [-0.39, 0.29) is 0 Å². The third kappa shape index (κ3) is 2.32. The summed E-state index contributed by atoms with van der Waals surface area (Å²) in [6.07, 6.45) is 2.54. The molecule has 3 nitrogen and oxygen atoms in total. The second-order valence-electron chi connectivity index (χ2n) is 2.02. The van der Waals surface area contributed by atoms with E-state index in [9.17, 15) is 9.59 Å². The lowest BCUT2D eigenvalue weighted by Crippen LogP contribution is -2.07. The number of carboxylic acid groups (broad SMARTS) is 1. The highest BCUT2D eigenvalue weighted by Gasteiger charge is 2.05. The Morgan fingerprint density at radius 1 is 1.50 bits per heavy atom. The summed E-state index contributed by atoms with van der Waals surface area (Å²) in [5, 5.41) is 10.1. The molecule has 0 aliphatic heterocycles. The number of hydrogen-bond donors (Lipinski definition) is 1. The van der Waals surface area contributed by atoms with Crippen molar-refractivity contribution in [1.82, 2.24) is 0 Å². The molecule has 12 heavy (non-hydrogen) atoms. The van der Waals surface area contributed by atoms with Gasteiger partial charge >= 0.3 is 5.97 Å². The number of carbonyl (C=O) groups is 2. The Morgan fingerprint density at radius 3 is 2.75 bits per heavy atom. The Kier molecular flexibility index (Phi) is 2.76. The summed E-state index contributed by atoms with van der Waals surface area (Å²) in [5.74, 6) is -2.33. The van der Waals surface area contributed by atoms with Crippen LogP contribution in [0.5, 0.6) is 0 Å². The highest BCUT2D eigenvalue weighted by Crippen LogP contribution is 2.09. The van der Waals surface area contributed by atoms with E-state index in [0.717, 1.165) is 11.0 Å². The molecular weight excluding hydrogens is 176 g/mol. The fraction of sp³-hybridized carbons (Fsp3) is 0. The lowest BCUT2D eigenvalue weighted by molar-refractivity contribution is -0.146. The number of rotatable bonds is 3. The Hall–Kier alpha value is -1.42. The van der Waals surface area contributed by atoms with E-state index in [1.165, 1.54) is 17.4 Å². The van der Waals surface area contributed by atoms with Crippen LogP contribution < -0.4 is 0 Å². The highest BCUT2D eigenvalue weighted by molar-refractivity contribution is 7.10. The van der Waals surface area contributed by atoms with Crippen molar-refractivity contribution < 1.29 is 14.7 Å². The quantitative estimate of drug-likeness (QED) is 0.568. The number of carboxylic acids is 1. The second-order valence-corrected chi connectivity index (χ2v) is 3.00. The van der Waals surface area contributed by atoms with Crippen LogP contribution in [0.4, 0.5) is 0 Å². The lowest BCUT2D eigenvalue weighted by Gasteiger charge is -1.82. The molecule has 1 rings (SSSR count). The molecule has 4 heteroatoms. The molecule has 0 spiro atoms. The van der Waals surface area contributed by atoms with Crippen LogP contribution in [0.2, 0.25) is 0 Å². The van der Waals surface area contributed by atoms with E-state index in [1.807, 2.05) is 11.4 Å². The molecule has 1 heterocycles. The molecule has 0 fully saturated rings. The van der Waals surface area contributed by atoms with Gasteiger partial charge < -0.3 is 5.11 Å². The van der Waals surface area contributed by atoms with E-state index < -0.39 is 11.8 Å². The second kappa shape index (κ2) is 3.82. The van der Waals surface area contributed by atoms with Crippen molar-refractivity contribution in [3.8, 4) is 0 Å². The third-order valence-corrected chi connectivity index (χ3v) is 1.99. The van der Waals surface area contributed by atoms with Crippen molar-refractivity contribution >= 4 is 29.2 Å². The molecule has 0 aliphatic rings. The molecule has 1 N–H and O–H groups in total. The normalized spacial score (nSPS) is 10.3. The van der Waals surface area contributed by atoms with E-state index in [1.54, 1.807) is 6.07 Å². The summed E-state index contributed by atoms with van der Waals surface area (Å²) in [6, 6.07) is 3.63. The van der Waals surface area contributed by atoms with E-state index in [4.69, 9.17) is 5.11 Å². The molecule has 0 aliphatic carbocycles. The number of ketones is 1. The van der Waals surface area contributed by atoms with Crippen molar-refractivity contribution in [1.29, 1.82) is 0 Å². The minimum Gasteiger partial charge on any atom is -0.475 e. The van der Waals surface area contributed by atoms with Crippen LogP contribution in [0.3, 0.4) is 0 Å². The molecular formula is C8H6O3S. The van der Waals surface area contributed by atoms with Crippen LogP contribution in [0.1, 0.15) is 4.88 Å². The maximum Gasteiger partial charge on any atom is 0.376 e. The fourth-order valence-corrected chi connectivity index (χ4v) is 1.23. The average molecular weight is 182 g/mol. The summed E-state index contributed by atoms with van der Waals surface area (Å²) < 4.78 is 0. The predicted octanol–water partition coefficient (Wildman–Crippen LogP) is 1.42. The molecule has 0 atom stereocenters. The van der Waals surface area contributed by atoms with Crippen molar-refractivity contribution in [3.63, 3.8) is 0 Å². The molecule has 0 radical (unpaired) electrons. The smallest absolute Gasteiger partial charge is 0.376 e. The first-order valence-electron chi connectivity index (χ1n) is 3.19. The first-order valence-corrected chi connectivity index (χ1v) is 4.07.